The van der Waals surface area contributed by atoms with Gasteiger partial charge in [0.25, 0.3) is 0 Å². The van der Waals surface area contributed by atoms with Crippen LogP contribution < -0.4 is 4.90 Å². The molecule has 0 unspecified atom stereocenters. The maximum absolute atomic E-state index is 6.00. The number of anilines is 1. The highest BCUT2D eigenvalue weighted by atomic mass is 35.5. The SMILES string of the molecule is CN(Cc1ccsc1)c1ncnc(Cl)c1CCl. The Morgan fingerprint density at radius 3 is 2.88 bits per heavy atom. The number of thiophene rings is 1. The van der Waals surface area contributed by atoms with Crippen LogP contribution in [0.2, 0.25) is 5.15 Å². The summed E-state index contributed by atoms with van der Waals surface area (Å²) in [6.45, 7) is 0.779. The highest BCUT2D eigenvalue weighted by Crippen LogP contribution is 2.25. The Hall–Kier alpha value is -0.840. The first-order valence-corrected chi connectivity index (χ1v) is 6.85. The van der Waals surface area contributed by atoms with E-state index in [1.165, 1.54) is 11.9 Å². The zero-order valence-electron chi connectivity index (χ0n) is 9.23. The second-order valence-electron chi connectivity index (χ2n) is 3.59. The molecule has 17 heavy (non-hydrogen) atoms. The molecule has 0 aliphatic rings. The van der Waals surface area contributed by atoms with Gasteiger partial charge in [-0.05, 0) is 22.4 Å². The fourth-order valence-electron chi connectivity index (χ4n) is 1.56. The molecule has 2 aromatic rings. The van der Waals surface area contributed by atoms with E-state index in [1.54, 1.807) is 11.3 Å². The molecule has 0 aromatic carbocycles. The van der Waals surface area contributed by atoms with Crippen molar-refractivity contribution in [2.45, 2.75) is 12.4 Å². The Morgan fingerprint density at radius 1 is 1.41 bits per heavy atom. The quantitative estimate of drug-likeness (QED) is 0.636. The summed E-state index contributed by atoms with van der Waals surface area (Å²) in [6, 6.07) is 2.09. The molecule has 0 aliphatic carbocycles. The predicted octanol–water partition coefficient (Wildman–Crippen LogP) is 3.57. The Morgan fingerprint density at radius 2 is 2.24 bits per heavy atom. The van der Waals surface area contributed by atoms with Gasteiger partial charge in [-0.2, -0.15) is 11.3 Å². The van der Waals surface area contributed by atoms with E-state index in [0.717, 1.165) is 17.9 Å². The lowest BCUT2D eigenvalue weighted by molar-refractivity contribution is 0.883. The first-order valence-electron chi connectivity index (χ1n) is 5.00. The van der Waals surface area contributed by atoms with Gasteiger partial charge in [-0.25, -0.2) is 9.97 Å². The number of hydrogen-bond acceptors (Lipinski definition) is 4. The zero-order valence-corrected chi connectivity index (χ0v) is 11.6. The summed E-state index contributed by atoms with van der Waals surface area (Å²) in [5.74, 6) is 1.09. The Bertz CT molecular complexity index is 487. The van der Waals surface area contributed by atoms with Crippen LogP contribution in [0.4, 0.5) is 5.82 Å². The number of aromatic nitrogens is 2. The zero-order chi connectivity index (χ0) is 12.3. The Labute approximate surface area is 114 Å². The third-order valence-electron chi connectivity index (χ3n) is 2.37. The molecule has 0 saturated heterocycles. The third kappa shape index (κ3) is 2.89. The molecule has 0 N–H and O–H groups in total. The van der Waals surface area contributed by atoms with Crippen LogP contribution in [0.1, 0.15) is 11.1 Å². The smallest absolute Gasteiger partial charge is 0.138 e. The largest absolute Gasteiger partial charge is 0.355 e. The summed E-state index contributed by atoms with van der Waals surface area (Å²) in [6.07, 6.45) is 1.46. The predicted molar refractivity (Wildman–Crippen MR) is 73.0 cm³/mol. The number of halogens is 2. The van der Waals surface area contributed by atoms with Crippen LogP contribution in [0.3, 0.4) is 0 Å². The lowest BCUT2D eigenvalue weighted by Crippen LogP contribution is -2.19. The number of hydrogen-bond donors (Lipinski definition) is 0. The normalized spacial score (nSPS) is 10.5. The summed E-state index contributed by atoms with van der Waals surface area (Å²) >= 11 is 13.5. The van der Waals surface area contributed by atoms with Gasteiger partial charge in [0.15, 0.2) is 0 Å². The van der Waals surface area contributed by atoms with Crippen LogP contribution >= 0.6 is 34.5 Å². The van der Waals surface area contributed by atoms with Crippen LogP contribution in [-0.2, 0) is 12.4 Å². The monoisotopic (exact) mass is 287 g/mol. The van der Waals surface area contributed by atoms with Crippen molar-refractivity contribution in [1.82, 2.24) is 9.97 Å². The van der Waals surface area contributed by atoms with Crippen LogP contribution in [0.5, 0.6) is 0 Å². The molecular weight excluding hydrogens is 277 g/mol. The summed E-state index contributed by atoms with van der Waals surface area (Å²) in [7, 11) is 1.96. The van der Waals surface area contributed by atoms with Gasteiger partial charge in [0.2, 0.25) is 0 Å². The molecule has 0 atom stereocenters. The van der Waals surface area contributed by atoms with E-state index in [4.69, 9.17) is 23.2 Å². The fraction of sp³-hybridized carbons (Fsp3) is 0.273. The van der Waals surface area contributed by atoms with Crippen molar-refractivity contribution in [3.63, 3.8) is 0 Å². The molecule has 0 spiro atoms. The van der Waals surface area contributed by atoms with Crippen molar-refractivity contribution in [2.24, 2.45) is 0 Å². The van der Waals surface area contributed by atoms with Gasteiger partial charge >= 0.3 is 0 Å². The Balaban J connectivity index is 2.24. The molecule has 0 saturated carbocycles. The number of alkyl halides is 1. The summed E-state index contributed by atoms with van der Waals surface area (Å²) < 4.78 is 0. The molecule has 2 rings (SSSR count). The summed E-state index contributed by atoms with van der Waals surface area (Å²) in [5, 5.41) is 4.58. The molecule has 2 aromatic heterocycles. The molecule has 6 heteroatoms. The molecule has 0 radical (unpaired) electrons. The van der Waals surface area contributed by atoms with Gasteiger partial charge in [-0.1, -0.05) is 11.6 Å². The topological polar surface area (TPSA) is 29.0 Å². The highest BCUT2D eigenvalue weighted by molar-refractivity contribution is 7.07. The van der Waals surface area contributed by atoms with Crippen LogP contribution in [0.15, 0.2) is 23.2 Å². The molecule has 0 aliphatic heterocycles. The van der Waals surface area contributed by atoms with Gasteiger partial charge < -0.3 is 4.90 Å². The van der Waals surface area contributed by atoms with E-state index in [-0.39, 0.29) is 0 Å². The minimum Gasteiger partial charge on any atom is -0.355 e. The van der Waals surface area contributed by atoms with E-state index >= 15 is 0 Å². The molecule has 0 bridgehead atoms. The van der Waals surface area contributed by atoms with Crippen molar-refractivity contribution in [3.05, 3.63) is 39.4 Å². The van der Waals surface area contributed by atoms with E-state index in [9.17, 15) is 0 Å². The highest BCUT2D eigenvalue weighted by Gasteiger charge is 2.13. The number of nitrogens with zero attached hydrogens (tertiary/aromatic N) is 3. The second kappa shape index (κ2) is 5.67. The third-order valence-corrected chi connectivity index (χ3v) is 3.69. The summed E-state index contributed by atoms with van der Waals surface area (Å²) in [5.41, 5.74) is 2.02. The minimum atomic E-state index is 0.309. The lowest BCUT2D eigenvalue weighted by Gasteiger charge is -2.20. The van der Waals surface area contributed by atoms with Crippen LogP contribution in [0, 0.1) is 0 Å². The Kier molecular flexibility index (Phi) is 4.20. The van der Waals surface area contributed by atoms with Gasteiger partial charge in [-0.3, -0.25) is 0 Å². The van der Waals surface area contributed by atoms with Gasteiger partial charge in [0.1, 0.15) is 17.3 Å². The van der Waals surface area contributed by atoms with Crippen molar-refractivity contribution >= 4 is 40.4 Å². The van der Waals surface area contributed by atoms with Crippen molar-refractivity contribution < 1.29 is 0 Å². The molecule has 3 nitrogen and oxygen atoms in total. The molecule has 0 fully saturated rings. The average Bonchev–Trinajstić information content (AvgIpc) is 2.81. The van der Waals surface area contributed by atoms with Crippen LogP contribution in [-0.4, -0.2) is 17.0 Å². The van der Waals surface area contributed by atoms with E-state index in [1.807, 2.05) is 11.9 Å². The first kappa shape index (κ1) is 12.6. The van der Waals surface area contributed by atoms with Crippen molar-refractivity contribution in [3.8, 4) is 0 Å². The molecule has 0 amide bonds. The maximum atomic E-state index is 6.00. The second-order valence-corrected chi connectivity index (χ2v) is 4.99. The van der Waals surface area contributed by atoms with Crippen LogP contribution in [0.25, 0.3) is 0 Å². The minimum absolute atomic E-state index is 0.309. The molecule has 2 heterocycles. The maximum Gasteiger partial charge on any atom is 0.138 e. The van der Waals surface area contributed by atoms with Gasteiger partial charge in [0, 0.05) is 19.2 Å². The molecule has 90 valence electrons. The van der Waals surface area contributed by atoms with Gasteiger partial charge in [-0.15, -0.1) is 11.6 Å². The van der Waals surface area contributed by atoms with E-state index in [2.05, 4.69) is 26.8 Å². The fourth-order valence-corrected chi connectivity index (χ4v) is 2.73. The first-order chi connectivity index (χ1) is 8.22. The number of rotatable bonds is 4. The summed E-state index contributed by atoms with van der Waals surface area (Å²) in [4.78, 5) is 10.2. The van der Waals surface area contributed by atoms with Crippen molar-refractivity contribution in [1.29, 1.82) is 0 Å². The molecular formula is C11H11Cl2N3S. The average molecular weight is 288 g/mol. The lowest BCUT2D eigenvalue weighted by atomic mass is 10.3. The van der Waals surface area contributed by atoms with Gasteiger partial charge in [0.05, 0.1) is 5.88 Å². The van der Waals surface area contributed by atoms with E-state index in [0.29, 0.717) is 11.0 Å². The van der Waals surface area contributed by atoms with Crippen molar-refractivity contribution in [2.75, 3.05) is 11.9 Å². The standard InChI is InChI=1S/C11H11Cl2N3S/c1-16(5-8-2-3-17-6-8)11-9(4-12)10(13)14-7-15-11/h2-3,6-7H,4-5H2,1H3. The van der Waals surface area contributed by atoms with E-state index < -0.39 is 0 Å².